The van der Waals surface area contributed by atoms with Gasteiger partial charge in [0.05, 0.1) is 18.8 Å². The number of rotatable bonds is 3. The van der Waals surface area contributed by atoms with E-state index in [1.54, 1.807) is 0 Å². The van der Waals surface area contributed by atoms with Crippen molar-refractivity contribution in [2.24, 2.45) is 0 Å². The zero-order valence-electron chi connectivity index (χ0n) is 10.6. The van der Waals surface area contributed by atoms with E-state index in [2.05, 4.69) is 39.3 Å². The summed E-state index contributed by atoms with van der Waals surface area (Å²) in [5.41, 5.74) is 1.22. The Balaban J connectivity index is 2.31. The largest absolute Gasteiger partial charge is 0.374 e. The van der Waals surface area contributed by atoms with Gasteiger partial charge in [-0.1, -0.05) is 33.6 Å². The van der Waals surface area contributed by atoms with Crippen LogP contribution in [0.25, 0.3) is 0 Å². The molecule has 0 saturated carbocycles. The lowest BCUT2D eigenvalue weighted by Crippen LogP contribution is -2.47. The third-order valence-electron chi connectivity index (χ3n) is 3.29. The molecule has 1 saturated heterocycles. The quantitative estimate of drug-likeness (QED) is 0.920. The molecule has 100 valence electrons. The zero-order valence-corrected chi connectivity index (χ0v) is 13.0. The molecule has 0 bridgehead atoms. The van der Waals surface area contributed by atoms with Gasteiger partial charge in [-0.25, -0.2) is 0 Å². The monoisotopic (exact) mass is 332 g/mol. The van der Waals surface area contributed by atoms with Gasteiger partial charge < -0.3 is 10.1 Å². The van der Waals surface area contributed by atoms with Gasteiger partial charge in [0.25, 0.3) is 0 Å². The topological polar surface area (TPSA) is 24.5 Å². The van der Waals surface area contributed by atoms with Crippen LogP contribution in [0.15, 0.2) is 22.7 Å². The first-order valence-electron chi connectivity index (χ1n) is 6.05. The lowest BCUT2D eigenvalue weighted by Gasteiger charge is -2.39. The van der Waals surface area contributed by atoms with Gasteiger partial charge in [-0.3, -0.25) is 4.90 Å². The van der Waals surface area contributed by atoms with Crippen LogP contribution in [0, 0.1) is 0 Å². The van der Waals surface area contributed by atoms with E-state index in [1.165, 1.54) is 5.56 Å². The van der Waals surface area contributed by atoms with E-state index in [0.29, 0.717) is 0 Å². The van der Waals surface area contributed by atoms with E-state index in [4.69, 9.17) is 16.3 Å². The normalized spacial score (nSPS) is 25.3. The number of hydrogen-bond acceptors (Lipinski definition) is 3. The summed E-state index contributed by atoms with van der Waals surface area (Å²) in [5, 5.41) is 3.94. The highest BCUT2D eigenvalue weighted by molar-refractivity contribution is 9.10. The van der Waals surface area contributed by atoms with Crippen molar-refractivity contribution >= 4 is 27.5 Å². The standard InChI is InChI=1S/C13H18BrClN2O/c1-16-8-12-13(17(2)5-6-18-12)10-4-3-9(15)7-11(10)14/h3-4,7,12-13,16H,5-6,8H2,1-2H3. The Morgan fingerprint density at radius 3 is 3.00 bits per heavy atom. The maximum atomic E-state index is 6.00. The Morgan fingerprint density at radius 1 is 1.56 bits per heavy atom. The van der Waals surface area contributed by atoms with Crippen LogP contribution in [0.3, 0.4) is 0 Å². The van der Waals surface area contributed by atoms with Gasteiger partial charge in [-0.05, 0) is 31.8 Å². The third-order valence-corrected chi connectivity index (χ3v) is 4.21. The van der Waals surface area contributed by atoms with Gasteiger partial charge in [0, 0.05) is 22.6 Å². The van der Waals surface area contributed by atoms with Gasteiger partial charge in [0.2, 0.25) is 0 Å². The summed E-state index contributed by atoms with van der Waals surface area (Å²) in [6.07, 6.45) is 0.159. The van der Waals surface area contributed by atoms with Crippen LogP contribution >= 0.6 is 27.5 Å². The van der Waals surface area contributed by atoms with Crippen molar-refractivity contribution < 1.29 is 4.74 Å². The smallest absolute Gasteiger partial charge is 0.0896 e. The number of benzene rings is 1. The maximum Gasteiger partial charge on any atom is 0.0896 e. The Labute approximate surface area is 122 Å². The molecule has 1 fully saturated rings. The second kappa shape index (κ2) is 6.35. The van der Waals surface area contributed by atoms with Crippen molar-refractivity contribution in [3.8, 4) is 0 Å². The predicted octanol–water partition coefficient (Wildman–Crippen LogP) is 2.69. The van der Waals surface area contributed by atoms with E-state index in [9.17, 15) is 0 Å². The lowest BCUT2D eigenvalue weighted by atomic mass is 9.98. The molecule has 0 radical (unpaired) electrons. The van der Waals surface area contributed by atoms with Gasteiger partial charge in [-0.15, -0.1) is 0 Å². The second-order valence-electron chi connectivity index (χ2n) is 4.56. The van der Waals surface area contributed by atoms with Crippen molar-refractivity contribution in [1.29, 1.82) is 0 Å². The number of halogens is 2. The van der Waals surface area contributed by atoms with Gasteiger partial charge in [-0.2, -0.15) is 0 Å². The highest BCUT2D eigenvalue weighted by Crippen LogP contribution is 2.34. The summed E-state index contributed by atoms with van der Waals surface area (Å²) >= 11 is 9.60. The molecule has 0 amide bonds. The number of ether oxygens (including phenoxy) is 1. The first-order chi connectivity index (χ1) is 8.63. The summed E-state index contributed by atoms with van der Waals surface area (Å²) in [7, 11) is 4.09. The predicted molar refractivity (Wildman–Crippen MR) is 78.2 cm³/mol. The fraction of sp³-hybridized carbons (Fsp3) is 0.538. The Bertz CT molecular complexity index is 414. The Morgan fingerprint density at radius 2 is 2.33 bits per heavy atom. The maximum absolute atomic E-state index is 6.00. The van der Waals surface area contributed by atoms with E-state index >= 15 is 0 Å². The first-order valence-corrected chi connectivity index (χ1v) is 7.22. The number of hydrogen-bond donors (Lipinski definition) is 1. The summed E-state index contributed by atoms with van der Waals surface area (Å²) in [6, 6.07) is 6.19. The van der Waals surface area contributed by atoms with E-state index < -0.39 is 0 Å². The molecule has 18 heavy (non-hydrogen) atoms. The zero-order chi connectivity index (χ0) is 13.1. The van der Waals surface area contributed by atoms with Crippen LogP contribution in [0.5, 0.6) is 0 Å². The molecule has 1 aromatic carbocycles. The van der Waals surface area contributed by atoms with Crippen molar-refractivity contribution in [3.63, 3.8) is 0 Å². The molecule has 1 heterocycles. The first kappa shape index (κ1) is 14.3. The number of morpholine rings is 1. The SMILES string of the molecule is CNCC1OCCN(C)C1c1ccc(Cl)cc1Br. The highest BCUT2D eigenvalue weighted by atomic mass is 79.9. The van der Waals surface area contributed by atoms with Gasteiger partial charge >= 0.3 is 0 Å². The van der Waals surface area contributed by atoms with Gasteiger partial charge in [0.1, 0.15) is 0 Å². The molecule has 1 aromatic rings. The molecular formula is C13H18BrClN2O. The molecule has 0 aromatic heterocycles. The van der Waals surface area contributed by atoms with Crippen molar-refractivity contribution in [2.45, 2.75) is 12.1 Å². The van der Waals surface area contributed by atoms with Crippen LogP contribution in [0.1, 0.15) is 11.6 Å². The summed E-state index contributed by atoms with van der Waals surface area (Å²) in [5.74, 6) is 0. The van der Waals surface area contributed by atoms with Crippen LogP contribution in [0.4, 0.5) is 0 Å². The molecule has 2 unspecified atom stereocenters. The average Bonchev–Trinajstić information content (AvgIpc) is 2.31. The van der Waals surface area contributed by atoms with E-state index in [1.807, 2.05) is 19.2 Å². The minimum atomic E-state index is 0.159. The molecule has 0 spiro atoms. The highest BCUT2D eigenvalue weighted by Gasteiger charge is 2.32. The van der Waals surface area contributed by atoms with E-state index in [-0.39, 0.29) is 12.1 Å². The van der Waals surface area contributed by atoms with Crippen LogP contribution < -0.4 is 5.32 Å². The van der Waals surface area contributed by atoms with E-state index in [0.717, 1.165) is 29.2 Å². The summed E-state index contributed by atoms with van der Waals surface area (Å²) in [6.45, 7) is 2.56. The Hall–Kier alpha value is -0.130. The lowest BCUT2D eigenvalue weighted by molar-refractivity contribution is -0.0608. The van der Waals surface area contributed by atoms with Crippen LogP contribution in [-0.4, -0.2) is 44.8 Å². The fourth-order valence-corrected chi connectivity index (χ4v) is 3.33. The van der Waals surface area contributed by atoms with Crippen molar-refractivity contribution in [2.75, 3.05) is 33.8 Å². The Kier molecular flexibility index (Phi) is 5.04. The van der Waals surface area contributed by atoms with Crippen molar-refractivity contribution in [1.82, 2.24) is 10.2 Å². The molecule has 1 aliphatic rings. The molecular weight excluding hydrogens is 316 g/mol. The molecule has 2 atom stereocenters. The second-order valence-corrected chi connectivity index (χ2v) is 5.85. The summed E-state index contributed by atoms with van der Waals surface area (Å²) < 4.78 is 6.92. The van der Waals surface area contributed by atoms with Crippen LogP contribution in [-0.2, 0) is 4.74 Å². The fourth-order valence-electron chi connectivity index (χ4n) is 2.41. The molecule has 0 aliphatic carbocycles. The summed E-state index contributed by atoms with van der Waals surface area (Å²) in [4.78, 5) is 2.33. The third kappa shape index (κ3) is 3.06. The molecule has 5 heteroatoms. The average molecular weight is 334 g/mol. The number of likely N-dealkylation sites (N-methyl/N-ethyl adjacent to an activating group) is 2. The van der Waals surface area contributed by atoms with Crippen molar-refractivity contribution in [3.05, 3.63) is 33.3 Å². The molecule has 3 nitrogen and oxygen atoms in total. The minimum Gasteiger partial charge on any atom is -0.374 e. The van der Waals surface area contributed by atoms with Crippen LogP contribution in [0.2, 0.25) is 5.02 Å². The molecule has 1 aliphatic heterocycles. The molecule has 1 N–H and O–H groups in total. The molecule has 2 rings (SSSR count). The minimum absolute atomic E-state index is 0.159. The number of nitrogens with one attached hydrogen (secondary N) is 1. The number of nitrogens with zero attached hydrogens (tertiary/aromatic N) is 1. The van der Waals surface area contributed by atoms with Gasteiger partial charge in [0.15, 0.2) is 0 Å².